The molecule has 101 heavy (non-hydrogen) atoms. The molecule has 1 aliphatic heterocycles. The Hall–Kier alpha value is -10.9. The highest BCUT2D eigenvalue weighted by Crippen LogP contribution is 2.23. The first-order chi connectivity index (χ1) is 48.1. The molecule has 0 bridgehead atoms. The summed E-state index contributed by atoms with van der Waals surface area (Å²) in [6.45, 7) is 1.31. The monoisotopic (exact) mass is 1410 g/mol. The average Bonchev–Trinajstić information content (AvgIpc) is 1.72. The normalized spacial score (nSPS) is 15.6. The van der Waals surface area contributed by atoms with Gasteiger partial charge in [-0.05, 0) is 54.7 Å². The number of rotatable bonds is 38. The third-order valence-electron chi connectivity index (χ3n) is 16.6. The topological polar surface area (TPSA) is 513 Å². The average molecular weight is 1410 g/mol. The van der Waals surface area contributed by atoms with Gasteiger partial charge in [-0.2, -0.15) is 0 Å². The van der Waals surface area contributed by atoms with E-state index in [2.05, 4.69) is 52.5 Å². The van der Waals surface area contributed by atoms with Crippen molar-refractivity contribution in [2.24, 2.45) is 5.73 Å². The van der Waals surface area contributed by atoms with Crippen LogP contribution in [0.1, 0.15) is 86.8 Å². The van der Waals surface area contributed by atoms with Crippen LogP contribution in [-0.4, -0.2) is 263 Å². The zero-order valence-corrected chi connectivity index (χ0v) is 56.0. The van der Waals surface area contributed by atoms with Crippen LogP contribution in [0.25, 0.3) is 10.9 Å². The minimum absolute atomic E-state index is 0.00545. The van der Waals surface area contributed by atoms with E-state index in [0.717, 1.165) is 10.1 Å². The van der Waals surface area contributed by atoms with Crippen molar-refractivity contribution >= 4 is 88.0 Å². The van der Waals surface area contributed by atoms with Crippen LogP contribution in [0.15, 0.2) is 91.3 Å². The van der Waals surface area contributed by atoms with Crippen molar-refractivity contribution in [3.05, 3.63) is 114 Å². The third kappa shape index (κ3) is 27.0. The summed E-state index contributed by atoms with van der Waals surface area (Å²) in [6.07, 6.45) is 2.12. The van der Waals surface area contributed by atoms with Crippen molar-refractivity contribution in [1.29, 1.82) is 0 Å². The van der Waals surface area contributed by atoms with Gasteiger partial charge in [-0.15, -0.1) is 5.10 Å². The van der Waals surface area contributed by atoms with Gasteiger partial charge in [0.2, 0.25) is 47.3 Å². The molecular formula is C66H88N16O19. The largest absolute Gasteiger partial charge is 0.508 e. The molecule has 2 aromatic heterocycles. The van der Waals surface area contributed by atoms with Crippen molar-refractivity contribution in [2.75, 3.05) is 85.1 Å². The smallest absolute Gasteiger partial charge is 0.317 e. The van der Waals surface area contributed by atoms with Crippen LogP contribution in [0, 0.1) is 0 Å². The molecular weight excluding hydrogens is 1320 g/mol. The first-order valence-corrected chi connectivity index (χ1v) is 32.8. The molecule has 16 N–H and O–H groups in total. The zero-order chi connectivity index (χ0) is 73.7. The van der Waals surface area contributed by atoms with Gasteiger partial charge in [-0.3, -0.25) is 81.9 Å². The molecule has 5 aromatic rings. The van der Waals surface area contributed by atoms with Gasteiger partial charge in [0.25, 0.3) is 0 Å². The summed E-state index contributed by atoms with van der Waals surface area (Å²) in [7, 11) is 0. The molecule has 7 atom stereocenters. The Bertz CT molecular complexity index is 3650. The minimum Gasteiger partial charge on any atom is -0.508 e. The van der Waals surface area contributed by atoms with Crippen LogP contribution in [-0.2, 0) is 81.6 Å². The Morgan fingerprint density at radius 2 is 1.06 bits per heavy atom. The van der Waals surface area contributed by atoms with Crippen molar-refractivity contribution < 1.29 is 93.0 Å². The van der Waals surface area contributed by atoms with Crippen LogP contribution in [0.4, 0.5) is 0 Å². The number of aromatic nitrogens is 4. The van der Waals surface area contributed by atoms with Gasteiger partial charge in [-0.25, -0.2) is 4.68 Å². The number of nitrogens with one attached hydrogen (secondary N) is 8. The Morgan fingerprint density at radius 1 is 0.535 bits per heavy atom. The Balaban J connectivity index is 1.16. The molecule has 1 saturated heterocycles. The van der Waals surface area contributed by atoms with E-state index in [1.807, 2.05) is 6.92 Å². The summed E-state index contributed by atoms with van der Waals surface area (Å²) in [6, 6.07) is 11.8. The van der Waals surface area contributed by atoms with Gasteiger partial charge in [-0.1, -0.05) is 85.6 Å². The van der Waals surface area contributed by atoms with E-state index in [4.69, 9.17) is 5.73 Å². The summed E-state index contributed by atoms with van der Waals surface area (Å²) < 4.78 is 1.01. The lowest BCUT2D eigenvalue weighted by Gasteiger charge is -2.33. The number of H-pyrrole nitrogens is 1. The lowest BCUT2D eigenvalue weighted by Crippen LogP contribution is -2.57. The van der Waals surface area contributed by atoms with E-state index >= 15 is 0 Å². The number of carbonyl (C=O) groups is 13. The SMILES string of the molecule is CCCC[C@H](NC(=O)[C@H](Cc1c[nH]c2ccccc12)NC(=O)CNC(=O)[C@H](Cc1ccc(O)cc1)NC(=O)[C@H](C)NC(=O)[C@@H](CCC(=O)O)NC(=O)CN1CCN(CC(=O)O)CCN(CC(=O)O)CCN(CC(=O)O)CC1)c1cn([C@@H](CC(=O)O)C(=O)N[C@@H](Cc2ccccc2)C(N)=O)nn1. The molecule has 0 unspecified atom stereocenters. The number of carboxylic acids is 5. The summed E-state index contributed by atoms with van der Waals surface area (Å²) >= 11 is 0. The molecule has 0 radical (unpaired) electrons. The fourth-order valence-electron chi connectivity index (χ4n) is 11.2. The molecule has 0 spiro atoms. The molecule has 3 aromatic carbocycles. The number of para-hydroxylation sites is 1. The first-order valence-electron chi connectivity index (χ1n) is 32.8. The van der Waals surface area contributed by atoms with E-state index in [1.54, 1.807) is 70.6 Å². The number of unbranched alkanes of at least 4 members (excludes halogenated alkanes) is 1. The second kappa shape index (κ2) is 39.6. The number of phenolic OH excluding ortho intramolecular Hbond substituents is 1. The standard InChI is InChI=1S/C66H88N16O19/c1-3-4-13-47(52-35-82(77-76-52)53(32-57(88)89)66(101)74-49(61(67)96)29-41-10-6-5-7-11-41)73-65(100)51(31-43-33-68-46-14-9-8-12-45(43)46)72-54(84)34-69-63(98)50(30-42-15-17-44(83)18-16-42)75-62(97)40(2)70-64(99)48(19-20-56(86)87)71-55(85)36-78-21-23-79(37-58(90)91)25-27-81(39-60(94)95)28-26-80(24-22-78)38-59(92)93/h5-12,14-18,33,35,40,47-51,53,68,83H,3-4,13,19-32,34,36-39H2,1-2H3,(H2,67,96)(H,69,98)(H,70,99)(H,71,85)(H,72,84)(H,73,100)(H,74,101)(H,75,97)(H,86,87)(H,88,89)(H,90,91)(H,92,93)(H,94,95)/t40-,47-,48+,49-,50-,51-,53-/m0/s1. The number of hydrogen-bond donors (Lipinski definition) is 15. The zero-order valence-electron chi connectivity index (χ0n) is 56.0. The van der Waals surface area contributed by atoms with E-state index in [0.29, 0.717) is 35.0 Å². The van der Waals surface area contributed by atoms with Crippen molar-refractivity contribution in [3.8, 4) is 5.75 Å². The molecule has 35 heteroatoms. The number of nitrogens with zero attached hydrogens (tertiary/aromatic N) is 7. The number of amides is 8. The van der Waals surface area contributed by atoms with Crippen LogP contribution in [0.3, 0.4) is 0 Å². The predicted molar refractivity (Wildman–Crippen MR) is 359 cm³/mol. The highest BCUT2D eigenvalue weighted by atomic mass is 16.4. The van der Waals surface area contributed by atoms with Gasteiger partial charge >= 0.3 is 29.8 Å². The molecule has 1 fully saturated rings. The number of phenols is 1. The van der Waals surface area contributed by atoms with Gasteiger partial charge in [0.05, 0.1) is 51.4 Å². The van der Waals surface area contributed by atoms with Gasteiger partial charge in [0.1, 0.15) is 47.7 Å². The Morgan fingerprint density at radius 3 is 1.62 bits per heavy atom. The summed E-state index contributed by atoms with van der Waals surface area (Å²) in [4.78, 5) is 180. The highest BCUT2D eigenvalue weighted by molar-refractivity contribution is 5.96. The molecule has 35 nitrogen and oxygen atoms in total. The Kier molecular flexibility index (Phi) is 31.0. The van der Waals surface area contributed by atoms with Gasteiger partial charge in [0.15, 0.2) is 0 Å². The minimum atomic E-state index is -1.57. The molecule has 3 heterocycles. The number of primary amides is 1. The number of nitrogens with two attached hydrogens (primary N) is 1. The highest BCUT2D eigenvalue weighted by Gasteiger charge is 2.34. The molecule has 8 amide bonds. The van der Waals surface area contributed by atoms with E-state index < -0.39 is 165 Å². The summed E-state index contributed by atoms with van der Waals surface area (Å²) in [5.41, 5.74) is 8.17. The fraction of sp³-hybridized carbons (Fsp3) is 0.470. The van der Waals surface area contributed by atoms with Crippen molar-refractivity contribution in [2.45, 2.75) is 114 Å². The summed E-state index contributed by atoms with van der Waals surface area (Å²) in [5, 5.41) is 85.6. The maximum Gasteiger partial charge on any atom is 0.317 e. The van der Waals surface area contributed by atoms with Crippen LogP contribution in [0.5, 0.6) is 5.75 Å². The number of benzene rings is 3. The number of hydrogen-bond acceptors (Lipinski definition) is 20. The number of aromatic amines is 1. The third-order valence-corrected chi connectivity index (χ3v) is 16.6. The summed E-state index contributed by atoms with van der Waals surface area (Å²) in [5.74, 6) is -13.4. The number of carbonyl (C=O) groups excluding carboxylic acids is 8. The number of aromatic hydroxyl groups is 1. The second-order valence-electron chi connectivity index (χ2n) is 24.5. The van der Waals surface area contributed by atoms with Gasteiger partial charge < -0.3 is 78.6 Å². The van der Waals surface area contributed by atoms with Gasteiger partial charge in [0, 0.05) is 95.1 Å². The van der Waals surface area contributed by atoms with Crippen LogP contribution >= 0.6 is 0 Å². The molecule has 546 valence electrons. The predicted octanol–water partition coefficient (Wildman–Crippen LogP) is -2.06. The molecule has 0 saturated carbocycles. The molecule has 1 aliphatic rings. The number of fused-ring (bicyclic) bond motifs is 1. The molecule has 0 aliphatic carbocycles. The van der Waals surface area contributed by atoms with Crippen LogP contribution < -0.4 is 43.0 Å². The maximum atomic E-state index is 14.7. The maximum absolute atomic E-state index is 14.7. The van der Waals surface area contributed by atoms with Crippen LogP contribution in [0.2, 0.25) is 0 Å². The Labute approximate surface area is 579 Å². The molecule has 6 rings (SSSR count). The van der Waals surface area contributed by atoms with Crippen molar-refractivity contribution in [1.82, 2.24) is 76.8 Å². The first kappa shape index (κ1) is 79.1. The van der Waals surface area contributed by atoms with E-state index in [-0.39, 0.29) is 96.0 Å². The lowest BCUT2D eigenvalue weighted by molar-refractivity contribution is -0.141. The fourth-order valence-corrected chi connectivity index (χ4v) is 11.2. The van der Waals surface area contributed by atoms with Crippen molar-refractivity contribution in [3.63, 3.8) is 0 Å². The second-order valence-corrected chi connectivity index (χ2v) is 24.5. The van der Waals surface area contributed by atoms with E-state index in [1.165, 1.54) is 47.2 Å². The number of aliphatic carboxylic acids is 5. The number of carboxylic acid groups (broad SMARTS) is 5. The lowest BCUT2D eigenvalue weighted by atomic mass is 10.0. The van der Waals surface area contributed by atoms with E-state index in [9.17, 15) is 93.0 Å². The quantitative estimate of drug-likeness (QED) is 0.0202.